The minimum absolute atomic E-state index is 0.0221. The maximum absolute atomic E-state index is 12.8. The quantitative estimate of drug-likeness (QED) is 0.477. The Balaban J connectivity index is 3.09. The van der Waals surface area contributed by atoms with Crippen molar-refractivity contribution in [1.29, 1.82) is 0 Å². The van der Waals surface area contributed by atoms with E-state index >= 15 is 0 Å². The monoisotopic (exact) mass is 336 g/mol. The molecule has 0 aromatic heterocycles. The van der Waals surface area contributed by atoms with Crippen molar-refractivity contribution in [2.45, 2.75) is 32.0 Å². The third kappa shape index (κ3) is 4.33. The number of rotatable bonds is 5. The SMILES string of the molecule is C=C(CC)CC(NN)c1ccc(Br)c(C(F)(F)F)c1. The molecule has 0 spiro atoms. The van der Waals surface area contributed by atoms with Crippen LogP contribution in [0.3, 0.4) is 0 Å². The summed E-state index contributed by atoms with van der Waals surface area (Å²) in [5, 5.41) is 0. The molecule has 106 valence electrons. The van der Waals surface area contributed by atoms with Crippen molar-refractivity contribution in [1.82, 2.24) is 5.43 Å². The van der Waals surface area contributed by atoms with Gasteiger partial charge in [-0.05, 0) is 30.5 Å². The topological polar surface area (TPSA) is 38.0 Å². The van der Waals surface area contributed by atoms with Crippen LogP contribution in [0.1, 0.15) is 36.9 Å². The summed E-state index contributed by atoms with van der Waals surface area (Å²) in [6, 6.07) is 3.74. The Morgan fingerprint density at radius 3 is 2.58 bits per heavy atom. The van der Waals surface area contributed by atoms with Gasteiger partial charge in [-0.3, -0.25) is 11.3 Å². The molecule has 0 fully saturated rings. The summed E-state index contributed by atoms with van der Waals surface area (Å²) < 4.78 is 38.5. The highest BCUT2D eigenvalue weighted by Crippen LogP contribution is 2.36. The summed E-state index contributed by atoms with van der Waals surface area (Å²) in [5.41, 5.74) is 3.26. The van der Waals surface area contributed by atoms with Crippen LogP contribution in [-0.4, -0.2) is 0 Å². The first-order chi connectivity index (χ1) is 8.79. The number of halogens is 4. The molecule has 0 saturated carbocycles. The fourth-order valence-corrected chi connectivity index (χ4v) is 2.15. The number of hydrazine groups is 1. The zero-order valence-electron chi connectivity index (χ0n) is 10.5. The average Bonchev–Trinajstić information content (AvgIpc) is 2.35. The van der Waals surface area contributed by atoms with E-state index in [2.05, 4.69) is 27.9 Å². The van der Waals surface area contributed by atoms with Crippen LogP contribution >= 0.6 is 15.9 Å². The molecule has 0 heterocycles. The molecule has 1 aromatic rings. The predicted octanol–water partition coefficient (Wildman–Crippen LogP) is 4.33. The summed E-state index contributed by atoms with van der Waals surface area (Å²) in [5.74, 6) is 5.42. The Morgan fingerprint density at radius 1 is 1.47 bits per heavy atom. The summed E-state index contributed by atoms with van der Waals surface area (Å²) >= 11 is 2.91. The zero-order chi connectivity index (χ0) is 14.6. The summed E-state index contributed by atoms with van der Waals surface area (Å²) in [7, 11) is 0. The molecule has 19 heavy (non-hydrogen) atoms. The van der Waals surface area contributed by atoms with Crippen molar-refractivity contribution in [3.8, 4) is 0 Å². The molecular formula is C13H16BrF3N2. The van der Waals surface area contributed by atoms with Crippen LogP contribution in [-0.2, 0) is 6.18 Å². The molecule has 0 aliphatic carbocycles. The molecule has 1 aromatic carbocycles. The van der Waals surface area contributed by atoms with Crippen LogP contribution in [0.15, 0.2) is 34.8 Å². The molecule has 6 heteroatoms. The highest BCUT2D eigenvalue weighted by Gasteiger charge is 2.33. The second-order valence-electron chi connectivity index (χ2n) is 4.26. The standard InChI is InChI=1S/C13H16BrF3N2/c1-3-8(2)6-12(19-18)9-4-5-11(14)10(7-9)13(15,16)17/h4-5,7,12,19H,2-3,6,18H2,1H3. The van der Waals surface area contributed by atoms with E-state index in [0.717, 1.165) is 18.1 Å². The third-order valence-corrected chi connectivity index (χ3v) is 3.58. The normalized spacial score (nSPS) is 13.4. The minimum Gasteiger partial charge on any atom is -0.271 e. The van der Waals surface area contributed by atoms with Gasteiger partial charge in [0.15, 0.2) is 0 Å². The first kappa shape index (κ1) is 16.2. The van der Waals surface area contributed by atoms with E-state index in [1.54, 1.807) is 6.07 Å². The van der Waals surface area contributed by atoms with Crippen LogP contribution in [0.4, 0.5) is 13.2 Å². The fraction of sp³-hybridized carbons (Fsp3) is 0.385. The number of benzene rings is 1. The van der Waals surface area contributed by atoms with E-state index in [1.807, 2.05) is 6.92 Å². The first-order valence-corrected chi connectivity index (χ1v) is 6.58. The largest absolute Gasteiger partial charge is 0.417 e. The smallest absolute Gasteiger partial charge is 0.271 e. The molecule has 0 aliphatic heterocycles. The highest BCUT2D eigenvalue weighted by molar-refractivity contribution is 9.10. The Bertz CT molecular complexity index is 458. The zero-order valence-corrected chi connectivity index (χ0v) is 12.1. The lowest BCUT2D eigenvalue weighted by Gasteiger charge is -2.19. The molecular weight excluding hydrogens is 321 g/mol. The lowest BCUT2D eigenvalue weighted by molar-refractivity contribution is -0.138. The molecule has 1 unspecified atom stereocenters. The third-order valence-electron chi connectivity index (χ3n) is 2.89. The molecule has 0 bridgehead atoms. The minimum atomic E-state index is -4.39. The van der Waals surface area contributed by atoms with Crippen molar-refractivity contribution in [3.05, 3.63) is 46.0 Å². The Labute approximate surface area is 119 Å². The Hall–Kier alpha value is -0.850. The van der Waals surface area contributed by atoms with E-state index in [4.69, 9.17) is 5.84 Å². The van der Waals surface area contributed by atoms with Gasteiger partial charge in [0.05, 0.1) is 5.56 Å². The van der Waals surface area contributed by atoms with Gasteiger partial charge in [0, 0.05) is 10.5 Å². The molecule has 3 N–H and O–H groups in total. The molecule has 1 atom stereocenters. The van der Waals surface area contributed by atoms with Crippen LogP contribution in [0.5, 0.6) is 0 Å². The highest BCUT2D eigenvalue weighted by atomic mass is 79.9. The summed E-state index contributed by atoms with van der Waals surface area (Å²) in [6.45, 7) is 5.79. The molecule has 0 radical (unpaired) electrons. The molecule has 2 nitrogen and oxygen atoms in total. The van der Waals surface area contributed by atoms with Gasteiger partial charge in [0.1, 0.15) is 0 Å². The van der Waals surface area contributed by atoms with Gasteiger partial charge in [-0.2, -0.15) is 13.2 Å². The summed E-state index contributed by atoms with van der Waals surface area (Å²) in [6.07, 6.45) is -3.12. The van der Waals surface area contributed by atoms with Gasteiger partial charge in [-0.15, -0.1) is 0 Å². The van der Waals surface area contributed by atoms with Gasteiger partial charge in [-0.1, -0.05) is 41.1 Å². The second-order valence-corrected chi connectivity index (χ2v) is 5.12. The number of alkyl halides is 3. The lowest BCUT2D eigenvalue weighted by Crippen LogP contribution is -2.28. The van der Waals surface area contributed by atoms with Gasteiger partial charge >= 0.3 is 6.18 Å². The van der Waals surface area contributed by atoms with Crippen molar-refractivity contribution < 1.29 is 13.2 Å². The van der Waals surface area contributed by atoms with Gasteiger partial charge < -0.3 is 0 Å². The van der Waals surface area contributed by atoms with E-state index in [9.17, 15) is 13.2 Å². The Kier molecular flexibility index (Phi) is 5.58. The number of hydrogen-bond acceptors (Lipinski definition) is 2. The van der Waals surface area contributed by atoms with Gasteiger partial charge in [-0.25, -0.2) is 0 Å². The maximum Gasteiger partial charge on any atom is 0.417 e. The average molecular weight is 337 g/mol. The Morgan fingerprint density at radius 2 is 2.11 bits per heavy atom. The van der Waals surface area contributed by atoms with Crippen molar-refractivity contribution in [2.24, 2.45) is 5.84 Å². The molecule has 0 amide bonds. The van der Waals surface area contributed by atoms with Crippen molar-refractivity contribution >= 4 is 15.9 Å². The van der Waals surface area contributed by atoms with Crippen LogP contribution in [0.25, 0.3) is 0 Å². The molecule has 0 saturated heterocycles. The molecule has 0 aliphatic rings. The van der Waals surface area contributed by atoms with Gasteiger partial charge in [0.2, 0.25) is 0 Å². The van der Waals surface area contributed by atoms with E-state index in [1.165, 1.54) is 6.07 Å². The number of hydrogen-bond donors (Lipinski definition) is 2. The van der Waals surface area contributed by atoms with Crippen molar-refractivity contribution in [3.63, 3.8) is 0 Å². The van der Waals surface area contributed by atoms with Crippen LogP contribution < -0.4 is 11.3 Å². The van der Waals surface area contributed by atoms with Crippen LogP contribution in [0, 0.1) is 0 Å². The van der Waals surface area contributed by atoms with E-state index in [0.29, 0.717) is 12.0 Å². The van der Waals surface area contributed by atoms with E-state index in [-0.39, 0.29) is 10.5 Å². The number of nitrogens with two attached hydrogens (primary N) is 1. The molecule has 1 rings (SSSR count). The fourth-order valence-electron chi connectivity index (χ4n) is 1.68. The van der Waals surface area contributed by atoms with Gasteiger partial charge in [0.25, 0.3) is 0 Å². The predicted molar refractivity (Wildman–Crippen MR) is 73.3 cm³/mol. The first-order valence-electron chi connectivity index (χ1n) is 5.79. The van der Waals surface area contributed by atoms with Crippen LogP contribution in [0.2, 0.25) is 0 Å². The maximum atomic E-state index is 12.8. The second kappa shape index (κ2) is 6.54. The van der Waals surface area contributed by atoms with E-state index < -0.39 is 11.7 Å². The van der Waals surface area contributed by atoms with Crippen molar-refractivity contribution in [2.75, 3.05) is 0 Å². The lowest BCUT2D eigenvalue weighted by atomic mass is 9.97. The number of nitrogens with one attached hydrogen (secondary N) is 1. The summed E-state index contributed by atoms with van der Waals surface area (Å²) in [4.78, 5) is 0.